The fourth-order valence-corrected chi connectivity index (χ4v) is 2.41. The summed E-state index contributed by atoms with van der Waals surface area (Å²) in [5.74, 6) is 0.238. The fraction of sp³-hybridized carbons (Fsp3) is 0.0526. The van der Waals surface area contributed by atoms with Gasteiger partial charge in [-0.25, -0.2) is 4.79 Å². The molecule has 1 aromatic heterocycles. The van der Waals surface area contributed by atoms with E-state index in [1.807, 2.05) is 36.4 Å². The van der Waals surface area contributed by atoms with Crippen molar-refractivity contribution in [1.82, 2.24) is 5.16 Å². The molecule has 0 saturated heterocycles. The number of hydrogen-bond donors (Lipinski definition) is 0. The summed E-state index contributed by atoms with van der Waals surface area (Å²) in [6, 6.07) is 16.6. The van der Waals surface area contributed by atoms with Crippen molar-refractivity contribution in [3.05, 3.63) is 76.4 Å². The number of rotatable bonds is 4. The molecule has 0 aliphatic heterocycles. The van der Waals surface area contributed by atoms with Gasteiger partial charge in [0.05, 0.1) is 12.7 Å². The monoisotopic (exact) mass is 339 g/mol. The maximum Gasteiger partial charge on any atom is 0.338 e. The van der Waals surface area contributed by atoms with Crippen LogP contribution in [0.1, 0.15) is 21.6 Å². The van der Waals surface area contributed by atoms with Crippen LogP contribution < -0.4 is 0 Å². The Kier molecular flexibility index (Phi) is 4.77. The largest absolute Gasteiger partial charge is 0.465 e. The Morgan fingerprint density at radius 3 is 2.67 bits per heavy atom. The molecular formula is C19H14ClNO3. The van der Waals surface area contributed by atoms with Gasteiger partial charge in [0.25, 0.3) is 0 Å². The van der Waals surface area contributed by atoms with Crippen LogP contribution in [0.15, 0.2) is 59.1 Å². The molecular weight excluding hydrogens is 326 g/mol. The molecule has 2 aromatic carbocycles. The molecule has 0 atom stereocenters. The molecule has 0 N–H and O–H groups in total. The molecule has 0 aliphatic rings. The average Bonchev–Trinajstić information content (AvgIpc) is 3.09. The highest BCUT2D eigenvalue weighted by atomic mass is 35.5. The number of hydrogen-bond acceptors (Lipinski definition) is 4. The molecule has 5 heteroatoms. The van der Waals surface area contributed by atoms with E-state index in [1.54, 1.807) is 30.4 Å². The van der Waals surface area contributed by atoms with E-state index in [0.29, 0.717) is 27.6 Å². The zero-order valence-corrected chi connectivity index (χ0v) is 13.7. The van der Waals surface area contributed by atoms with E-state index < -0.39 is 5.97 Å². The number of esters is 1. The van der Waals surface area contributed by atoms with Crippen molar-refractivity contribution in [2.45, 2.75) is 0 Å². The van der Waals surface area contributed by atoms with Crippen LogP contribution in [0.25, 0.3) is 23.5 Å². The minimum Gasteiger partial charge on any atom is -0.465 e. The Bertz CT molecular complexity index is 885. The molecule has 3 rings (SSSR count). The van der Waals surface area contributed by atoms with E-state index >= 15 is 0 Å². The van der Waals surface area contributed by atoms with E-state index in [4.69, 9.17) is 20.9 Å². The molecule has 0 amide bonds. The number of carbonyl (C=O) groups excluding carboxylic acids is 1. The van der Waals surface area contributed by atoms with Gasteiger partial charge in [-0.1, -0.05) is 59.2 Å². The van der Waals surface area contributed by atoms with Crippen molar-refractivity contribution in [2.24, 2.45) is 0 Å². The smallest absolute Gasteiger partial charge is 0.338 e. The number of aromatic nitrogens is 1. The van der Waals surface area contributed by atoms with Crippen LogP contribution in [0.5, 0.6) is 0 Å². The molecule has 4 nitrogen and oxygen atoms in total. The zero-order chi connectivity index (χ0) is 16.9. The van der Waals surface area contributed by atoms with Crippen LogP contribution in [0.4, 0.5) is 0 Å². The lowest BCUT2D eigenvalue weighted by atomic mass is 10.1. The third kappa shape index (κ3) is 3.55. The van der Waals surface area contributed by atoms with Crippen molar-refractivity contribution in [2.75, 3.05) is 7.11 Å². The maximum absolute atomic E-state index is 11.8. The highest BCUT2D eigenvalue weighted by Crippen LogP contribution is 2.22. The highest BCUT2D eigenvalue weighted by Gasteiger charge is 2.11. The third-order valence-corrected chi connectivity index (χ3v) is 3.68. The first-order valence-corrected chi connectivity index (χ1v) is 7.63. The van der Waals surface area contributed by atoms with Gasteiger partial charge in [0.15, 0.2) is 5.76 Å². The first kappa shape index (κ1) is 16.0. The zero-order valence-electron chi connectivity index (χ0n) is 12.9. The predicted octanol–water partition coefficient (Wildman–Crippen LogP) is 4.95. The maximum atomic E-state index is 11.8. The van der Waals surface area contributed by atoms with Gasteiger partial charge in [-0.15, -0.1) is 0 Å². The third-order valence-electron chi connectivity index (χ3n) is 3.44. The van der Waals surface area contributed by atoms with Gasteiger partial charge in [0.2, 0.25) is 0 Å². The lowest BCUT2D eigenvalue weighted by Crippen LogP contribution is -2.03. The van der Waals surface area contributed by atoms with Crippen LogP contribution >= 0.6 is 11.6 Å². The topological polar surface area (TPSA) is 52.3 Å². The number of ether oxygens (including phenoxy) is 1. The molecule has 120 valence electrons. The Labute approximate surface area is 144 Å². The lowest BCUT2D eigenvalue weighted by Gasteiger charge is -2.04. The summed E-state index contributed by atoms with van der Waals surface area (Å²) in [5, 5.41) is 4.49. The van der Waals surface area contributed by atoms with Gasteiger partial charge in [0.1, 0.15) is 5.69 Å². The van der Waals surface area contributed by atoms with Crippen molar-refractivity contribution < 1.29 is 14.1 Å². The molecule has 0 radical (unpaired) electrons. The van der Waals surface area contributed by atoms with Crippen LogP contribution in [-0.2, 0) is 4.74 Å². The number of benzene rings is 2. The molecule has 0 unspecified atom stereocenters. The van der Waals surface area contributed by atoms with Crippen LogP contribution in [-0.4, -0.2) is 18.2 Å². The standard InChI is InChI=1S/C19H14ClNO3/c1-23-19(22)17-11-15(20)9-7-13(17)8-10-16-12-18(24-21-16)14-5-3-2-4-6-14/h2-12H,1H3/b10-8+. The van der Waals surface area contributed by atoms with Crippen molar-refractivity contribution in [3.8, 4) is 11.3 Å². The highest BCUT2D eigenvalue weighted by molar-refractivity contribution is 6.31. The second-order valence-corrected chi connectivity index (χ2v) is 5.47. The first-order chi connectivity index (χ1) is 11.7. The second kappa shape index (κ2) is 7.15. The minimum absolute atomic E-state index is 0.396. The van der Waals surface area contributed by atoms with Crippen molar-refractivity contribution in [1.29, 1.82) is 0 Å². The summed E-state index contributed by atoms with van der Waals surface area (Å²) >= 11 is 5.95. The summed E-state index contributed by atoms with van der Waals surface area (Å²) in [6.45, 7) is 0. The second-order valence-electron chi connectivity index (χ2n) is 5.04. The SMILES string of the molecule is COC(=O)c1cc(Cl)ccc1/C=C/c1cc(-c2ccccc2)on1. The van der Waals surface area contributed by atoms with E-state index in [1.165, 1.54) is 7.11 Å². The fourth-order valence-electron chi connectivity index (χ4n) is 2.24. The molecule has 0 aliphatic carbocycles. The van der Waals surface area contributed by atoms with Gasteiger partial charge in [0, 0.05) is 16.7 Å². The summed E-state index contributed by atoms with van der Waals surface area (Å²) < 4.78 is 10.1. The molecule has 0 bridgehead atoms. The normalized spacial score (nSPS) is 10.9. The first-order valence-electron chi connectivity index (χ1n) is 7.25. The minimum atomic E-state index is -0.442. The van der Waals surface area contributed by atoms with E-state index in [-0.39, 0.29) is 0 Å². The van der Waals surface area contributed by atoms with Crippen LogP contribution in [0.2, 0.25) is 5.02 Å². The van der Waals surface area contributed by atoms with Gasteiger partial charge in [-0.05, 0) is 23.8 Å². The quantitative estimate of drug-likeness (QED) is 0.631. The van der Waals surface area contributed by atoms with E-state index in [0.717, 1.165) is 5.56 Å². The molecule has 0 saturated carbocycles. The van der Waals surface area contributed by atoms with Crippen molar-refractivity contribution in [3.63, 3.8) is 0 Å². The van der Waals surface area contributed by atoms with Gasteiger partial charge >= 0.3 is 5.97 Å². The summed E-state index contributed by atoms with van der Waals surface area (Å²) in [6.07, 6.45) is 3.54. The molecule has 0 fully saturated rings. The summed E-state index contributed by atoms with van der Waals surface area (Å²) in [5.41, 5.74) is 2.69. The Morgan fingerprint density at radius 2 is 1.92 bits per heavy atom. The molecule has 3 aromatic rings. The van der Waals surface area contributed by atoms with Crippen LogP contribution in [0, 0.1) is 0 Å². The molecule has 24 heavy (non-hydrogen) atoms. The number of halogens is 1. The van der Waals surface area contributed by atoms with Crippen molar-refractivity contribution >= 4 is 29.7 Å². The Hall–Kier alpha value is -2.85. The molecule has 1 heterocycles. The predicted molar refractivity (Wildman–Crippen MR) is 93.7 cm³/mol. The van der Waals surface area contributed by atoms with E-state index in [9.17, 15) is 4.79 Å². The number of carbonyl (C=O) groups is 1. The number of methoxy groups -OCH3 is 1. The summed E-state index contributed by atoms with van der Waals surface area (Å²) in [7, 11) is 1.33. The van der Waals surface area contributed by atoms with Crippen LogP contribution in [0.3, 0.4) is 0 Å². The van der Waals surface area contributed by atoms with Gasteiger partial charge < -0.3 is 9.26 Å². The van der Waals surface area contributed by atoms with Gasteiger partial charge in [-0.3, -0.25) is 0 Å². The Balaban J connectivity index is 1.87. The Morgan fingerprint density at radius 1 is 1.12 bits per heavy atom. The molecule has 0 spiro atoms. The lowest BCUT2D eigenvalue weighted by molar-refractivity contribution is 0.0600. The summed E-state index contributed by atoms with van der Waals surface area (Å²) in [4.78, 5) is 11.8. The van der Waals surface area contributed by atoms with Gasteiger partial charge in [-0.2, -0.15) is 0 Å². The number of nitrogens with zero attached hydrogens (tertiary/aromatic N) is 1. The van der Waals surface area contributed by atoms with E-state index in [2.05, 4.69) is 5.16 Å². The average molecular weight is 340 g/mol.